The number of aryl methyl sites for hydroxylation is 1. The predicted molar refractivity (Wildman–Crippen MR) is 174 cm³/mol. The Labute approximate surface area is 272 Å². The van der Waals surface area contributed by atoms with Crippen LogP contribution in [0.3, 0.4) is 0 Å². The number of ether oxygens (including phenoxy) is 6. The largest absolute Gasteiger partial charge is 0.492 e. The molecule has 4 aromatic rings. The summed E-state index contributed by atoms with van der Waals surface area (Å²) in [5.74, 6) is 4.34. The summed E-state index contributed by atoms with van der Waals surface area (Å²) in [4.78, 5) is 24.3. The highest BCUT2D eigenvalue weighted by Gasteiger charge is 2.49. The van der Waals surface area contributed by atoms with Crippen LogP contribution in [0.15, 0.2) is 84.9 Å². The molecule has 1 fully saturated rings. The number of nitrogens with one attached hydrogen (secondary N) is 2. The van der Waals surface area contributed by atoms with Crippen molar-refractivity contribution in [3.63, 3.8) is 0 Å². The Morgan fingerprint density at radius 2 is 1.17 bits per heavy atom. The summed E-state index contributed by atoms with van der Waals surface area (Å²) in [6.07, 6.45) is 0.981. The highest BCUT2D eigenvalue weighted by atomic mass is 16.6. The molecule has 7 rings (SSSR count). The normalized spacial score (nSPS) is 20.6. The van der Waals surface area contributed by atoms with Gasteiger partial charge in [-0.15, -0.1) is 0 Å². The smallest absolute Gasteiger partial charge is 0.412 e. The van der Waals surface area contributed by atoms with Crippen molar-refractivity contribution in [3.05, 3.63) is 102 Å². The van der Waals surface area contributed by atoms with Gasteiger partial charge in [-0.3, -0.25) is 5.32 Å². The fraction of sp³-hybridized carbons (Fsp3) is 0.297. The Balaban J connectivity index is 1.02. The quantitative estimate of drug-likeness (QED) is 0.211. The van der Waals surface area contributed by atoms with Gasteiger partial charge in [0, 0.05) is 23.9 Å². The second-order valence-electron chi connectivity index (χ2n) is 12.1. The second-order valence-corrected chi connectivity index (χ2v) is 12.1. The molecule has 242 valence electrons. The van der Waals surface area contributed by atoms with Gasteiger partial charge in [-0.2, -0.15) is 0 Å². The van der Waals surface area contributed by atoms with E-state index in [0.717, 1.165) is 47.0 Å². The number of hydrogen-bond acceptors (Lipinski definition) is 8. The zero-order chi connectivity index (χ0) is 32.4. The first-order chi connectivity index (χ1) is 22.9. The first-order valence-electron chi connectivity index (χ1n) is 15.8. The lowest BCUT2D eigenvalue weighted by Crippen LogP contribution is -2.40. The van der Waals surface area contributed by atoms with Crippen LogP contribution in [-0.2, 0) is 14.9 Å². The number of rotatable bonds is 7. The van der Waals surface area contributed by atoms with Crippen molar-refractivity contribution >= 4 is 17.9 Å². The third-order valence-electron chi connectivity index (χ3n) is 8.84. The predicted octanol–water partition coefficient (Wildman–Crippen LogP) is 7.87. The molecule has 3 aliphatic rings. The van der Waals surface area contributed by atoms with E-state index in [4.69, 9.17) is 28.4 Å². The van der Waals surface area contributed by atoms with Crippen LogP contribution in [0.4, 0.5) is 15.3 Å². The zero-order valence-electron chi connectivity index (χ0n) is 26.2. The summed E-state index contributed by atoms with van der Waals surface area (Å²) in [6, 6.07) is 26.7. The lowest BCUT2D eigenvalue weighted by molar-refractivity contribution is -0.0264. The Morgan fingerprint density at radius 3 is 1.70 bits per heavy atom. The SMILES string of the molecule is CNC(=O)OC1CCCCC1OC(=O)Nc1ccc(Oc2ccc3c(c2)C2(COc4ccc(Oc5ccc(C)cc5)cc42)CO3)cc1. The molecule has 1 aliphatic carbocycles. The summed E-state index contributed by atoms with van der Waals surface area (Å²) in [6.45, 7) is 2.94. The fourth-order valence-corrected chi connectivity index (χ4v) is 6.34. The highest BCUT2D eigenvalue weighted by Crippen LogP contribution is 2.52. The average Bonchev–Trinajstić information content (AvgIpc) is 3.64. The van der Waals surface area contributed by atoms with Crippen LogP contribution in [0.25, 0.3) is 0 Å². The van der Waals surface area contributed by atoms with Crippen LogP contribution in [0.5, 0.6) is 34.5 Å². The molecule has 10 nitrogen and oxygen atoms in total. The Kier molecular flexibility index (Phi) is 8.24. The molecule has 10 heteroatoms. The van der Waals surface area contributed by atoms with Crippen molar-refractivity contribution in [2.75, 3.05) is 25.6 Å². The molecule has 2 aliphatic heterocycles. The molecule has 2 heterocycles. The number of alkyl carbamates (subject to hydrolysis) is 1. The van der Waals surface area contributed by atoms with Gasteiger partial charge in [0.15, 0.2) is 0 Å². The third-order valence-corrected chi connectivity index (χ3v) is 8.84. The number of benzene rings is 4. The fourth-order valence-electron chi connectivity index (χ4n) is 6.34. The molecular weight excluding hydrogens is 600 g/mol. The molecule has 2 N–H and O–H groups in total. The number of fused-ring (bicyclic) bond motifs is 4. The van der Waals surface area contributed by atoms with Crippen molar-refractivity contribution < 1.29 is 38.0 Å². The molecular formula is C37H36N2O8. The van der Waals surface area contributed by atoms with Crippen LogP contribution in [0.1, 0.15) is 42.4 Å². The lowest BCUT2D eigenvalue weighted by Gasteiger charge is -2.30. The van der Waals surface area contributed by atoms with Crippen LogP contribution in [-0.4, -0.2) is 44.7 Å². The van der Waals surface area contributed by atoms with Crippen molar-refractivity contribution in [1.29, 1.82) is 0 Å². The van der Waals surface area contributed by atoms with Gasteiger partial charge in [-0.25, -0.2) is 9.59 Å². The molecule has 1 saturated carbocycles. The topological polar surface area (TPSA) is 114 Å². The van der Waals surface area contributed by atoms with Crippen molar-refractivity contribution in [3.8, 4) is 34.5 Å². The van der Waals surface area contributed by atoms with Crippen LogP contribution in [0, 0.1) is 6.92 Å². The number of anilines is 1. The second kappa shape index (κ2) is 12.8. The Hall–Kier alpha value is -5.38. The molecule has 1 spiro atoms. The molecule has 47 heavy (non-hydrogen) atoms. The van der Waals surface area contributed by atoms with Gasteiger partial charge in [0.2, 0.25) is 0 Å². The standard InChI is InChI=1S/C37H36N2O8/c1-23-7-11-25(12-8-23)44-27-15-17-31-29(19-27)37(21-42-31)22-43-32-18-16-28(20-30(32)37)45-26-13-9-24(10-14-26)39-36(41)47-34-6-4-3-5-33(34)46-35(40)38-2/h7-20,33-34H,3-6,21-22H2,1-2H3,(H,38,40)(H,39,41). The first kappa shape index (κ1) is 30.3. The molecule has 3 atom stereocenters. The molecule has 0 radical (unpaired) electrons. The van der Waals surface area contributed by atoms with E-state index in [0.29, 0.717) is 43.2 Å². The zero-order valence-corrected chi connectivity index (χ0v) is 26.2. The number of carbonyl (C=O) groups is 2. The maximum Gasteiger partial charge on any atom is 0.412 e. The van der Waals surface area contributed by atoms with E-state index in [2.05, 4.69) is 10.6 Å². The average molecular weight is 637 g/mol. The summed E-state index contributed by atoms with van der Waals surface area (Å²) in [5.41, 5.74) is 3.23. The minimum absolute atomic E-state index is 0.447. The van der Waals surface area contributed by atoms with Gasteiger partial charge in [0.05, 0.1) is 5.41 Å². The monoisotopic (exact) mass is 636 g/mol. The van der Waals surface area contributed by atoms with Gasteiger partial charge in [0.1, 0.15) is 59.9 Å². The number of amides is 2. The van der Waals surface area contributed by atoms with E-state index in [1.165, 1.54) is 12.6 Å². The van der Waals surface area contributed by atoms with E-state index < -0.39 is 29.8 Å². The van der Waals surface area contributed by atoms with Crippen LogP contribution < -0.4 is 29.6 Å². The molecule has 0 aromatic heterocycles. The van der Waals surface area contributed by atoms with Crippen molar-refractivity contribution in [2.24, 2.45) is 0 Å². The first-order valence-corrected chi connectivity index (χ1v) is 15.8. The number of hydrogen-bond donors (Lipinski definition) is 2. The van der Waals surface area contributed by atoms with Crippen LogP contribution in [0.2, 0.25) is 0 Å². The van der Waals surface area contributed by atoms with Gasteiger partial charge >= 0.3 is 12.2 Å². The molecule has 0 saturated heterocycles. The Morgan fingerprint density at radius 1 is 0.681 bits per heavy atom. The highest BCUT2D eigenvalue weighted by molar-refractivity contribution is 5.84. The third kappa shape index (κ3) is 6.36. The van der Waals surface area contributed by atoms with E-state index in [1.54, 1.807) is 24.3 Å². The van der Waals surface area contributed by atoms with Crippen molar-refractivity contribution in [1.82, 2.24) is 5.32 Å². The molecule has 0 bridgehead atoms. The van der Waals surface area contributed by atoms with Crippen molar-refractivity contribution in [2.45, 2.75) is 50.2 Å². The summed E-state index contributed by atoms with van der Waals surface area (Å²) < 4.78 is 35.7. The lowest BCUT2D eigenvalue weighted by atomic mass is 9.78. The Bertz CT molecular complexity index is 1770. The van der Waals surface area contributed by atoms with E-state index in [-0.39, 0.29) is 0 Å². The van der Waals surface area contributed by atoms with Gasteiger partial charge in [-0.1, -0.05) is 17.7 Å². The summed E-state index contributed by atoms with van der Waals surface area (Å²) in [5, 5.41) is 5.20. The molecule has 2 amide bonds. The minimum Gasteiger partial charge on any atom is -0.492 e. The van der Waals surface area contributed by atoms with E-state index >= 15 is 0 Å². The van der Waals surface area contributed by atoms with Gasteiger partial charge < -0.3 is 33.7 Å². The maximum atomic E-state index is 12.7. The van der Waals surface area contributed by atoms with E-state index in [1.807, 2.05) is 67.6 Å². The minimum atomic E-state index is -0.605. The molecule has 3 unspecified atom stereocenters. The van der Waals surface area contributed by atoms with Gasteiger partial charge in [0.25, 0.3) is 0 Å². The maximum absolute atomic E-state index is 12.7. The van der Waals surface area contributed by atoms with Gasteiger partial charge in [-0.05, 0) is 105 Å². The molecule has 4 aromatic carbocycles. The summed E-state index contributed by atoms with van der Waals surface area (Å²) in [7, 11) is 1.50. The number of carbonyl (C=O) groups excluding carboxylic acids is 2. The summed E-state index contributed by atoms with van der Waals surface area (Å²) >= 11 is 0. The van der Waals surface area contributed by atoms with E-state index in [9.17, 15) is 9.59 Å². The van der Waals surface area contributed by atoms with Crippen LogP contribution >= 0.6 is 0 Å².